The average molecular weight is 399 g/mol. The van der Waals surface area contributed by atoms with E-state index < -0.39 is 5.41 Å². The Labute approximate surface area is 172 Å². The summed E-state index contributed by atoms with van der Waals surface area (Å²) in [5, 5.41) is 4.22. The summed E-state index contributed by atoms with van der Waals surface area (Å²) in [4.78, 5) is 29.2. The van der Waals surface area contributed by atoms with E-state index >= 15 is 0 Å². The van der Waals surface area contributed by atoms with Gasteiger partial charge in [0.15, 0.2) is 0 Å². The predicted molar refractivity (Wildman–Crippen MR) is 115 cm³/mol. The van der Waals surface area contributed by atoms with E-state index in [0.29, 0.717) is 31.8 Å². The molecule has 1 aromatic heterocycles. The van der Waals surface area contributed by atoms with Gasteiger partial charge in [0.2, 0.25) is 11.8 Å². The van der Waals surface area contributed by atoms with Crippen molar-refractivity contribution in [1.29, 1.82) is 0 Å². The zero-order valence-corrected chi connectivity index (χ0v) is 18.1. The topological polar surface area (TPSA) is 40.6 Å². The lowest BCUT2D eigenvalue weighted by molar-refractivity contribution is -0.139. The molecule has 0 aliphatic carbocycles. The Morgan fingerprint density at radius 3 is 2.43 bits per heavy atom. The fourth-order valence-electron chi connectivity index (χ4n) is 4.07. The SMILES string of the molecule is CC(C)CC(=O)N1CC[C@@](Cc2ccc(-c3ccsc3)cc2)(C(=O)N(C)C)C1. The van der Waals surface area contributed by atoms with Crippen LogP contribution in [0, 0.1) is 11.3 Å². The number of amides is 2. The lowest BCUT2D eigenvalue weighted by Crippen LogP contribution is -2.44. The number of hydrogen-bond donors (Lipinski definition) is 0. The highest BCUT2D eigenvalue weighted by atomic mass is 32.1. The second-order valence-corrected chi connectivity index (χ2v) is 9.31. The van der Waals surface area contributed by atoms with Gasteiger partial charge in [-0.15, -0.1) is 0 Å². The molecule has 3 rings (SSSR count). The van der Waals surface area contributed by atoms with Crippen LogP contribution in [0.5, 0.6) is 0 Å². The molecule has 1 saturated heterocycles. The van der Waals surface area contributed by atoms with Crippen molar-refractivity contribution >= 4 is 23.2 Å². The largest absolute Gasteiger partial charge is 0.348 e. The van der Waals surface area contributed by atoms with Gasteiger partial charge >= 0.3 is 0 Å². The van der Waals surface area contributed by atoms with Gasteiger partial charge < -0.3 is 9.80 Å². The van der Waals surface area contributed by atoms with Gasteiger partial charge in [-0.25, -0.2) is 0 Å². The van der Waals surface area contributed by atoms with Gasteiger partial charge in [0.25, 0.3) is 0 Å². The van der Waals surface area contributed by atoms with Crippen molar-refractivity contribution in [2.45, 2.75) is 33.1 Å². The molecule has 4 nitrogen and oxygen atoms in total. The van der Waals surface area contributed by atoms with E-state index in [9.17, 15) is 9.59 Å². The molecule has 5 heteroatoms. The monoisotopic (exact) mass is 398 g/mol. The third kappa shape index (κ3) is 4.46. The second-order valence-electron chi connectivity index (χ2n) is 8.53. The zero-order valence-electron chi connectivity index (χ0n) is 17.3. The van der Waals surface area contributed by atoms with Crippen molar-refractivity contribution in [3.8, 4) is 11.1 Å². The van der Waals surface area contributed by atoms with Crippen molar-refractivity contribution in [3.05, 3.63) is 46.7 Å². The third-order valence-electron chi connectivity index (χ3n) is 5.50. The fourth-order valence-corrected chi connectivity index (χ4v) is 4.73. The first-order valence-corrected chi connectivity index (χ1v) is 10.9. The summed E-state index contributed by atoms with van der Waals surface area (Å²) in [5.41, 5.74) is 3.03. The van der Waals surface area contributed by atoms with E-state index in [4.69, 9.17) is 0 Å². The molecule has 2 aromatic rings. The summed E-state index contributed by atoms with van der Waals surface area (Å²) < 4.78 is 0. The molecule has 1 fully saturated rings. The van der Waals surface area contributed by atoms with Crippen LogP contribution in [0.1, 0.15) is 32.3 Å². The predicted octanol–water partition coefficient (Wildman–Crippen LogP) is 4.31. The lowest BCUT2D eigenvalue weighted by Gasteiger charge is -2.31. The Kier molecular flexibility index (Phi) is 6.23. The quantitative estimate of drug-likeness (QED) is 0.727. The van der Waals surface area contributed by atoms with E-state index in [1.165, 1.54) is 11.1 Å². The van der Waals surface area contributed by atoms with Crippen molar-refractivity contribution in [1.82, 2.24) is 9.80 Å². The number of benzene rings is 1. The van der Waals surface area contributed by atoms with Crippen LogP contribution >= 0.6 is 11.3 Å². The molecular weight excluding hydrogens is 368 g/mol. The fraction of sp³-hybridized carbons (Fsp3) is 0.478. The van der Waals surface area contributed by atoms with Crippen LogP contribution in [0.25, 0.3) is 11.1 Å². The number of nitrogens with zero attached hydrogens (tertiary/aromatic N) is 2. The maximum atomic E-state index is 13.1. The summed E-state index contributed by atoms with van der Waals surface area (Å²) in [6.07, 6.45) is 1.93. The number of carbonyl (C=O) groups is 2. The maximum absolute atomic E-state index is 13.1. The van der Waals surface area contributed by atoms with Gasteiger partial charge in [-0.1, -0.05) is 38.1 Å². The van der Waals surface area contributed by atoms with E-state index in [-0.39, 0.29) is 11.8 Å². The molecule has 1 aromatic carbocycles. The van der Waals surface area contributed by atoms with Crippen molar-refractivity contribution in [2.75, 3.05) is 27.2 Å². The standard InChI is InChI=1S/C23H30N2O2S/c1-17(2)13-21(26)25-11-10-23(16-25,22(27)24(3)4)14-18-5-7-19(8-6-18)20-9-12-28-15-20/h5-9,12,15,17H,10-11,13-14,16H2,1-4H3/t23-/m0/s1. The van der Waals surface area contributed by atoms with Gasteiger partial charge in [-0.05, 0) is 52.3 Å². The van der Waals surface area contributed by atoms with Gasteiger partial charge in [0, 0.05) is 33.6 Å². The minimum atomic E-state index is -0.528. The second kappa shape index (κ2) is 8.48. The van der Waals surface area contributed by atoms with Crippen LogP contribution in [0.15, 0.2) is 41.1 Å². The number of hydrogen-bond acceptors (Lipinski definition) is 3. The summed E-state index contributed by atoms with van der Waals surface area (Å²) in [5.74, 6) is 0.613. The van der Waals surface area contributed by atoms with Crippen molar-refractivity contribution < 1.29 is 9.59 Å². The van der Waals surface area contributed by atoms with Gasteiger partial charge in [-0.2, -0.15) is 11.3 Å². The van der Waals surface area contributed by atoms with Gasteiger partial charge in [0.05, 0.1) is 5.41 Å². The highest BCUT2D eigenvalue weighted by Gasteiger charge is 2.46. The normalized spacial score (nSPS) is 19.2. The number of likely N-dealkylation sites (tertiary alicyclic amines) is 1. The molecule has 28 heavy (non-hydrogen) atoms. The Bertz CT molecular complexity index is 812. The van der Waals surface area contributed by atoms with Crippen molar-refractivity contribution in [2.24, 2.45) is 11.3 Å². The van der Waals surface area contributed by atoms with Gasteiger partial charge in [-0.3, -0.25) is 9.59 Å². The Morgan fingerprint density at radius 2 is 1.86 bits per heavy atom. The van der Waals surface area contributed by atoms with Crippen LogP contribution < -0.4 is 0 Å². The van der Waals surface area contributed by atoms with Crippen molar-refractivity contribution in [3.63, 3.8) is 0 Å². The molecule has 0 radical (unpaired) electrons. The zero-order chi connectivity index (χ0) is 20.3. The molecule has 0 saturated carbocycles. The molecular formula is C23H30N2O2S. The smallest absolute Gasteiger partial charge is 0.230 e. The highest BCUT2D eigenvalue weighted by Crippen LogP contribution is 2.37. The number of thiophene rings is 1. The van der Waals surface area contributed by atoms with Crippen LogP contribution in [-0.4, -0.2) is 48.8 Å². The van der Waals surface area contributed by atoms with Crippen LogP contribution in [0.3, 0.4) is 0 Å². The molecule has 2 amide bonds. The minimum absolute atomic E-state index is 0.120. The summed E-state index contributed by atoms with van der Waals surface area (Å²) in [6, 6.07) is 10.6. The molecule has 1 aliphatic heterocycles. The first-order valence-electron chi connectivity index (χ1n) is 9.92. The molecule has 0 bridgehead atoms. The first-order chi connectivity index (χ1) is 13.3. The first kappa shape index (κ1) is 20.6. The molecule has 1 atom stereocenters. The lowest BCUT2D eigenvalue weighted by atomic mass is 9.79. The van der Waals surface area contributed by atoms with E-state index in [1.54, 1.807) is 16.2 Å². The summed E-state index contributed by atoms with van der Waals surface area (Å²) in [6.45, 7) is 5.29. The minimum Gasteiger partial charge on any atom is -0.348 e. The van der Waals surface area contributed by atoms with Crippen LogP contribution in [0.2, 0.25) is 0 Å². The average Bonchev–Trinajstić information content (AvgIpc) is 3.32. The molecule has 1 aliphatic rings. The number of carbonyl (C=O) groups excluding carboxylic acids is 2. The van der Waals surface area contributed by atoms with Crippen LogP contribution in [-0.2, 0) is 16.0 Å². The van der Waals surface area contributed by atoms with E-state index in [1.807, 2.05) is 19.0 Å². The Morgan fingerprint density at radius 1 is 1.14 bits per heavy atom. The molecule has 2 heterocycles. The third-order valence-corrected chi connectivity index (χ3v) is 6.18. The molecule has 0 spiro atoms. The number of rotatable bonds is 6. The van der Waals surface area contributed by atoms with Crippen LogP contribution in [0.4, 0.5) is 0 Å². The summed E-state index contributed by atoms with van der Waals surface area (Å²) in [7, 11) is 3.62. The van der Waals surface area contributed by atoms with E-state index in [0.717, 1.165) is 12.0 Å². The molecule has 0 N–H and O–H groups in total. The van der Waals surface area contributed by atoms with E-state index in [2.05, 4.69) is 54.9 Å². The molecule has 150 valence electrons. The summed E-state index contributed by atoms with van der Waals surface area (Å²) >= 11 is 1.69. The Hall–Kier alpha value is -2.14. The molecule has 0 unspecified atom stereocenters. The highest BCUT2D eigenvalue weighted by molar-refractivity contribution is 7.08. The van der Waals surface area contributed by atoms with Gasteiger partial charge in [0.1, 0.15) is 0 Å². The maximum Gasteiger partial charge on any atom is 0.230 e. The Balaban J connectivity index is 1.79.